The number of nitrogens with one attached hydrogen (secondary N) is 1. The molecule has 1 fully saturated rings. The number of nitrogens with zero attached hydrogens (tertiary/aromatic N) is 3. The first kappa shape index (κ1) is 20.5. The van der Waals surface area contributed by atoms with Gasteiger partial charge in [-0.05, 0) is 43.6 Å². The van der Waals surface area contributed by atoms with Crippen molar-refractivity contribution in [2.75, 3.05) is 18.8 Å². The Labute approximate surface area is 169 Å². The molecule has 0 atom stereocenters. The first-order chi connectivity index (χ1) is 12.9. The fourth-order valence-electron chi connectivity index (χ4n) is 3.10. The van der Waals surface area contributed by atoms with Gasteiger partial charge in [0, 0.05) is 19.1 Å². The highest BCUT2D eigenvalue weighted by Gasteiger charge is 2.24. The van der Waals surface area contributed by atoms with Crippen LogP contribution in [0.4, 0.5) is 0 Å². The zero-order valence-corrected chi connectivity index (χ0v) is 17.5. The van der Waals surface area contributed by atoms with Crippen molar-refractivity contribution in [1.82, 2.24) is 19.4 Å². The molecule has 0 aliphatic carbocycles. The second-order valence-electron chi connectivity index (χ2n) is 6.62. The SMILES string of the molecule is CCCS(=O)(=O)NC1CCN(Cn2nc(-c3ccccc3Cl)oc2=S)CC1. The van der Waals surface area contributed by atoms with Crippen molar-refractivity contribution in [2.24, 2.45) is 0 Å². The van der Waals surface area contributed by atoms with Crippen LogP contribution in [0.2, 0.25) is 5.02 Å². The number of hydrogen-bond acceptors (Lipinski definition) is 6. The molecule has 10 heteroatoms. The standard InChI is InChI=1S/C17H23ClN4O3S2/c1-2-11-27(23,24)20-13-7-9-21(10-8-13)12-22-17(26)25-16(19-22)14-5-3-4-6-15(14)18/h3-6,13,20H,2,7-12H2,1H3. The van der Waals surface area contributed by atoms with Crippen LogP contribution in [0, 0.1) is 4.84 Å². The summed E-state index contributed by atoms with van der Waals surface area (Å²) in [6.45, 7) is 3.88. The van der Waals surface area contributed by atoms with Gasteiger partial charge in [0.25, 0.3) is 4.84 Å². The lowest BCUT2D eigenvalue weighted by atomic mass is 10.1. The lowest BCUT2D eigenvalue weighted by Crippen LogP contribution is -2.45. The van der Waals surface area contributed by atoms with E-state index in [9.17, 15) is 8.42 Å². The Balaban J connectivity index is 1.60. The molecular formula is C17H23ClN4O3S2. The van der Waals surface area contributed by atoms with Crippen molar-refractivity contribution in [3.63, 3.8) is 0 Å². The normalized spacial score (nSPS) is 16.7. The first-order valence-electron chi connectivity index (χ1n) is 8.93. The van der Waals surface area contributed by atoms with E-state index in [2.05, 4.69) is 14.7 Å². The largest absolute Gasteiger partial charge is 0.409 e. The lowest BCUT2D eigenvalue weighted by molar-refractivity contribution is 0.156. The van der Waals surface area contributed by atoms with Crippen LogP contribution in [0.1, 0.15) is 26.2 Å². The van der Waals surface area contributed by atoms with Gasteiger partial charge in [0.05, 0.1) is 23.0 Å². The summed E-state index contributed by atoms with van der Waals surface area (Å²) in [6, 6.07) is 7.31. The molecule has 1 saturated heterocycles. The van der Waals surface area contributed by atoms with Crippen LogP contribution in [-0.4, -0.2) is 48.0 Å². The number of piperidine rings is 1. The Hall–Kier alpha value is -1.26. The molecule has 2 aromatic rings. The maximum absolute atomic E-state index is 11.9. The third kappa shape index (κ3) is 5.39. The monoisotopic (exact) mass is 430 g/mol. The van der Waals surface area contributed by atoms with Gasteiger partial charge < -0.3 is 4.42 Å². The van der Waals surface area contributed by atoms with Gasteiger partial charge >= 0.3 is 0 Å². The fourth-order valence-corrected chi connectivity index (χ4v) is 4.90. The van der Waals surface area contributed by atoms with Gasteiger partial charge in [0.15, 0.2) is 0 Å². The molecule has 1 aromatic carbocycles. The molecule has 0 unspecified atom stereocenters. The van der Waals surface area contributed by atoms with Gasteiger partial charge in [-0.2, -0.15) is 0 Å². The van der Waals surface area contributed by atoms with Gasteiger partial charge in [-0.1, -0.05) is 30.7 Å². The summed E-state index contributed by atoms with van der Waals surface area (Å²) >= 11 is 11.5. The summed E-state index contributed by atoms with van der Waals surface area (Å²) in [5, 5.41) is 5.00. The second kappa shape index (κ2) is 8.83. The molecule has 0 spiro atoms. The smallest absolute Gasteiger partial charge is 0.288 e. The van der Waals surface area contributed by atoms with Crippen LogP contribution in [-0.2, 0) is 16.7 Å². The van der Waals surface area contributed by atoms with E-state index >= 15 is 0 Å². The van der Waals surface area contributed by atoms with Gasteiger partial charge in [-0.15, -0.1) is 5.10 Å². The summed E-state index contributed by atoms with van der Waals surface area (Å²) in [7, 11) is -3.18. The third-order valence-corrected chi connectivity index (χ3v) is 6.71. The summed E-state index contributed by atoms with van der Waals surface area (Å²) in [5.74, 6) is 0.569. The van der Waals surface area contributed by atoms with Crippen molar-refractivity contribution in [3.8, 4) is 11.5 Å². The Kier molecular flexibility index (Phi) is 6.69. The number of benzene rings is 1. The van der Waals surface area contributed by atoms with E-state index in [0.717, 1.165) is 25.9 Å². The number of aromatic nitrogens is 2. The number of rotatable bonds is 7. The van der Waals surface area contributed by atoms with Crippen LogP contribution >= 0.6 is 23.8 Å². The molecule has 0 amide bonds. The van der Waals surface area contributed by atoms with Crippen molar-refractivity contribution < 1.29 is 12.8 Å². The minimum Gasteiger partial charge on any atom is -0.409 e. The molecule has 27 heavy (non-hydrogen) atoms. The Bertz CT molecular complexity index is 934. The topological polar surface area (TPSA) is 80.4 Å². The van der Waals surface area contributed by atoms with Gasteiger partial charge in [-0.3, -0.25) is 4.90 Å². The summed E-state index contributed by atoms with van der Waals surface area (Å²) in [6.07, 6.45) is 2.13. The molecule has 3 rings (SSSR count). The van der Waals surface area contributed by atoms with E-state index in [4.69, 9.17) is 28.2 Å². The molecule has 7 nitrogen and oxygen atoms in total. The molecule has 0 bridgehead atoms. The second-order valence-corrected chi connectivity index (χ2v) is 9.25. The van der Waals surface area contributed by atoms with Crippen molar-refractivity contribution in [2.45, 2.75) is 38.9 Å². The van der Waals surface area contributed by atoms with Crippen LogP contribution < -0.4 is 4.72 Å². The summed E-state index contributed by atoms with van der Waals surface area (Å²) in [4.78, 5) is 2.47. The third-order valence-electron chi connectivity index (χ3n) is 4.45. The Morgan fingerprint density at radius 3 is 2.70 bits per heavy atom. The molecular weight excluding hydrogens is 408 g/mol. The highest BCUT2D eigenvalue weighted by Crippen LogP contribution is 2.26. The van der Waals surface area contributed by atoms with E-state index < -0.39 is 10.0 Å². The minimum atomic E-state index is -3.18. The van der Waals surface area contributed by atoms with Gasteiger partial charge in [-0.25, -0.2) is 17.8 Å². The number of sulfonamides is 1. The molecule has 1 aliphatic rings. The highest BCUT2D eigenvalue weighted by atomic mass is 35.5. The number of halogens is 1. The quantitative estimate of drug-likeness (QED) is 0.679. The predicted molar refractivity (Wildman–Crippen MR) is 108 cm³/mol. The average molecular weight is 431 g/mol. The summed E-state index contributed by atoms with van der Waals surface area (Å²) in [5.41, 5.74) is 0.702. The first-order valence-corrected chi connectivity index (χ1v) is 11.4. The zero-order valence-electron chi connectivity index (χ0n) is 15.1. The van der Waals surface area contributed by atoms with Crippen molar-refractivity contribution in [3.05, 3.63) is 34.1 Å². The maximum Gasteiger partial charge on any atom is 0.288 e. The minimum absolute atomic E-state index is 0.0123. The molecule has 1 aromatic heterocycles. The fraction of sp³-hybridized carbons (Fsp3) is 0.529. The van der Waals surface area contributed by atoms with Crippen molar-refractivity contribution in [1.29, 1.82) is 0 Å². The van der Waals surface area contributed by atoms with Crippen LogP contribution in [0.5, 0.6) is 0 Å². The van der Waals surface area contributed by atoms with E-state index in [1.165, 1.54) is 0 Å². The lowest BCUT2D eigenvalue weighted by Gasteiger charge is -2.31. The molecule has 0 saturated carbocycles. The van der Waals surface area contributed by atoms with Crippen LogP contribution in [0.25, 0.3) is 11.5 Å². The van der Waals surface area contributed by atoms with Crippen LogP contribution in [0.15, 0.2) is 28.7 Å². The van der Waals surface area contributed by atoms with E-state index in [0.29, 0.717) is 29.6 Å². The maximum atomic E-state index is 11.9. The van der Waals surface area contributed by atoms with Crippen molar-refractivity contribution >= 4 is 33.8 Å². The van der Waals surface area contributed by atoms with Crippen LogP contribution in [0.3, 0.4) is 0 Å². The predicted octanol–water partition coefficient (Wildman–Crippen LogP) is 3.28. The Morgan fingerprint density at radius 1 is 1.33 bits per heavy atom. The number of hydrogen-bond donors (Lipinski definition) is 1. The number of likely N-dealkylation sites (tertiary alicyclic amines) is 1. The molecule has 0 radical (unpaired) electrons. The zero-order chi connectivity index (χ0) is 19.4. The van der Waals surface area contributed by atoms with E-state index in [-0.39, 0.29) is 16.6 Å². The average Bonchev–Trinajstić information content (AvgIpc) is 2.97. The molecule has 1 aliphatic heterocycles. The molecule has 1 N–H and O–H groups in total. The van der Waals surface area contributed by atoms with E-state index in [1.54, 1.807) is 10.7 Å². The highest BCUT2D eigenvalue weighted by molar-refractivity contribution is 7.89. The molecule has 2 heterocycles. The van der Waals surface area contributed by atoms with Gasteiger partial charge in [0.2, 0.25) is 15.9 Å². The molecule has 148 valence electrons. The summed E-state index contributed by atoms with van der Waals surface area (Å²) < 4.78 is 33.8. The van der Waals surface area contributed by atoms with Gasteiger partial charge in [0.1, 0.15) is 0 Å². The van der Waals surface area contributed by atoms with E-state index in [1.807, 2.05) is 25.1 Å². The Morgan fingerprint density at radius 2 is 2.04 bits per heavy atom.